The van der Waals surface area contributed by atoms with Gasteiger partial charge in [-0.2, -0.15) is 0 Å². The molecule has 0 aliphatic heterocycles. The molecular formula is C17H34O3Si. The highest BCUT2D eigenvalue weighted by Crippen LogP contribution is 2.44. The molecule has 0 heterocycles. The van der Waals surface area contributed by atoms with Gasteiger partial charge in [-0.1, -0.05) is 27.7 Å². The van der Waals surface area contributed by atoms with Gasteiger partial charge in [0.15, 0.2) is 8.32 Å². The first-order valence-corrected chi connectivity index (χ1v) is 11.3. The second-order valence-electron chi connectivity index (χ2n) is 7.93. The van der Waals surface area contributed by atoms with Crippen molar-refractivity contribution in [3.63, 3.8) is 0 Å². The van der Waals surface area contributed by atoms with Gasteiger partial charge >= 0.3 is 5.97 Å². The monoisotopic (exact) mass is 314 g/mol. The van der Waals surface area contributed by atoms with Gasteiger partial charge in [-0.3, -0.25) is 4.79 Å². The fourth-order valence-corrected chi connectivity index (χ4v) is 4.26. The van der Waals surface area contributed by atoms with Gasteiger partial charge < -0.3 is 9.16 Å². The Bertz CT molecular complexity index is 350. The first kappa shape index (κ1) is 18.7. The Hall–Kier alpha value is -0.353. The van der Waals surface area contributed by atoms with Crippen molar-refractivity contribution in [3.8, 4) is 0 Å². The molecule has 0 aromatic heterocycles. The van der Waals surface area contributed by atoms with Crippen molar-refractivity contribution in [2.75, 3.05) is 6.61 Å². The van der Waals surface area contributed by atoms with Crippen LogP contribution in [0.25, 0.3) is 0 Å². The Morgan fingerprint density at radius 1 is 1.19 bits per heavy atom. The predicted octanol–water partition coefficient (Wildman–Crippen LogP) is 4.91. The van der Waals surface area contributed by atoms with Crippen LogP contribution in [-0.4, -0.2) is 27.0 Å². The van der Waals surface area contributed by atoms with Crippen LogP contribution < -0.4 is 0 Å². The molecule has 0 radical (unpaired) electrons. The van der Waals surface area contributed by atoms with E-state index in [2.05, 4.69) is 40.8 Å². The zero-order valence-electron chi connectivity index (χ0n) is 15.0. The van der Waals surface area contributed by atoms with E-state index in [9.17, 15) is 4.79 Å². The molecule has 1 rings (SSSR count). The topological polar surface area (TPSA) is 35.5 Å². The minimum Gasteiger partial charge on any atom is -0.466 e. The van der Waals surface area contributed by atoms with Crippen molar-refractivity contribution in [1.82, 2.24) is 0 Å². The Kier molecular flexibility index (Phi) is 6.07. The second kappa shape index (κ2) is 6.82. The zero-order valence-corrected chi connectivity index (χ0v) is 16.0. The molecule has 0 bridgehead atoms. The number of esters is 1. The highest BCUT2D eigenvalue weighted by Gasteiger charge is 2.45. The summed E-state index contributed by atoms with van der Waals surface area (Å²) in [6, 6.07) is 0. The molecule has 0 unspecified atom stereocenters. The number of carbonyl (C=O) groups excluding carboxylic acids is 1. The summed E-state index contributed by atoms with van der Waals surface area (Å²) in [5, 5.41) is 0.243. The van der Waals surface area contributed by atoms with Gasteiger partial charge in [0.25, 0.3) is 0 Å². The lowest BCUT2D eigenvalue weighted by atomic mass is 9.71. The Morgan fingerprint density at radius 2 is 1.71 bits per heavy atom. The molecular weight excluding hydrogens is 280 g/mol. The van der Waals surface area contributed by atoms with Crippen molar-refractivity contribution < 1.29 is 14.0 Å². The molecule has 0 amide bonds. The maximum absolute atomic E-state index is 12.2. The lowest BCUT2D eigenvalue weighted by Crippen LogP contribution is -2.46. The van der Waals surface area contributed by atoms with Crippen LogP contribution in [0, 0.1) is 5.41 Å². The molecule has 21 heavy (non-hydrogen) atoms. The van der Waals surface area contributed by atoms with E-state index < -0.39 is 8.32 Å². The molecule has 0 aromatic carbocycles. The van der Waals surface area contributed by atoms with Gasteiger partial charge in [0.1, 0.15) is 0 Å². The molecule has 0 aromatic rings. The summed E-state index contributed by atoms with van der Waals surface area (Å²) in [6.07, 6.45) is 4.97. The van der Waals surface area contributed by atoms with Gasteiger partial charge in [0.2, 0.25) is 0 Å². The van der Waals surface area contributed by atoms with Gasteiger partial charge in [0, 0.05) is 6.10 Å². The SMILES string of the molecule is CCOC(=O)[C@]1(CC)CC[C@H](O[Si](C)(C)C(C)(C)C)CC1. The third-order valence-corrected chi connectivity index (χ3v) is 10.1. The quantitative estimate of drug-likeness (QED) is 0.534. The van der Waals surface area contributed by atoms with Gasteiger partial charge in [0.05, 0.1) is 12.0 Å². The van der Waals surface area contributed by atoms with Crippen molar-refractivity contribution in [3.05, 3.63) is 0 Å². The standard InChI is InChI=1S/C17H34O3Si/c1-8-17(15(18)19-9-2)12-10-14(11-13-17)20-21(6,7)16(3,4)5/h14H,8-13H2,1-7H3/t14-,17+. The maximum atomic E-state index is 12.2. The fourth-order valence-electron chi connectivity index (χ4n) is 2.84. The zero-order chi connectivity index (χ0) is 16.3. The number of hydrogen-bond donors (Lipinski definition) is 0. The van der Waals surface area contributed by atoms with Crippen molar-refractivity contribution in [2.45, 2.75) is 91.0 Å². The summed E-state index contributed by atoms with van der Waals surface area (Å²) in [5.41, 5.74) is -0.261. The molecule has 3 nitrogen and oxygen atoms in total. The lowest BCUT2D eigenvalue weighted by molar-refractivity contribution is -0.159. The Balaban J connectivity index is 2.65. The first-order chi connectivity index (χ1) is 9.58. The lowest BCUT2D eigenvalue weighted by Gasteiger charge is -2.43. The number of carbonyl (C=O) groups is 1. The van der Waals surface area contributed by atoms with Crippen LogP contribution in [0.5, 0.6) is 0 Å². The summed E-state index contributed by atoms with van der Waals surface area (Å²) in [5.74, 6) is -0.00160. The average molecular weight is 315 g/mol. The number of hydrogen-bond acceptors (Lipinski definition) is 3. The average Bonchev–Trinajstić information content (AvgIpc) is 2.38. The van der Waals surface area contributed by atoms with E-state index >= 15 is 0 Å². The minimum atomic E-state index is -1.71. The third kappa shape index (κ3) is 4.32. The van der Waals surface area contributed by atoms with Gasteiger partial charge in [-0.25, -0.2) is 0 Å². The predicted molar refractivity (Wildman–Crippen MR) is 89.9 cm³/mol. The van der Waals surface area contributed by atoms with E-state index in [1.54, 1.807) is 0 Å². The van der Waals surface area contributed by atoms with Crippen LogP contribution in [0.4, 0.5) is 0 Å². The van der Waals surface area contributed by atoms with E-state index in [-0.39, 0.29) is 16.4 Å². The van der Waals surface area contributed by atoms with E-state index in [4.69, 9.17) is 9.16 Å². The van der Waals surface area contributed by atoms with Crippen LogP contribution in [0.3, 0.4) is 0 Å². The molecule has 4 heteroatoms. The Labute approximate surface area is 131 Å². The largest absolute Gasteiger partial charge is 0.466 e. The molecule has 1 saturated carbocycles. The molecule has 124 valence electrons. The molecule has 1 aliphatic rings. The fraction of sp³-hybridized carbons (Fsp3) is 0.941. The molecule has 1 aliphatic carbocycles. The van der Waals surface area contributed by atoms with E-state index in [1.165, 1.54) is 0 Å². The molecule has 0 N–H and O–H groups in total. The highest BCUT2D eigenvalue weighted by molar-refractivity contribution is 6.74. The number of ether oxygens (including phenoxy) is 1. The van der Waals surface area contributed by atoms with Gasteiger partial charge in [-0.05, 0) is 57.2 Å². The minimum absolute atomic E-state index is 0.00160. The smallest absolute Gasteiger partial charge is 0.312 e. The van der Waals surface area contributed by atoms with Crippen LogP contribution in [0.2, 0.25) is 18.1 Å². The van der Waals surface area contributed by atoms with Crippen LogP contribution in [0.15, 0.2) is 0 Å². The van der Waals surface area contributed by atoms with Crippen molar-refractivity contribution in [1.29, 1.82) is 0 Å². The first-order valence-electron chi connectivity index (χ1n) is 8.43. The van der Waals surface area contributed by atoms with Gasteiger partial charge in [-0.15, -0.1) is 0 Å². The van der Waals surface area contributed by atoms with E-state index in [1.807, 2.05) is 6.92 Å². The van der Waals surface area contributed by atoms with E-state index in [0.717, 1.165) is 32.1 Å². The highest BCUT2D eigenvalue weighted by atomic mass is 28.4. The molecule has 1 fully saturated rings. The second-order valence-corrected chi connectivity index (χ2v) is 12.7. The number of rotatable bonds is 5. The summed E-state index contributed by atoms with van der Waals surface area (Å²) in [6.45, 7) is 15.9. The maximum Gasteiger partial charge on any atom is 0.312 e. The van der Waals surface area contributed by atoms with Crippen LogP contribution in [-0.2, 0) is 14.0 Å². The third-order valence-electron chi connectivity index (χ3n) is 5.54. The molecule has 0 spiro atoms. The van der Waals surface area contributed by atoms with Crippen molar-refractivity contribution in [2.24, 2.45) is 5.41 Å². The van der Waals surface area contributed by atoms with Crippen molar-refractivity contribution >= 4 is 14.3 Å². The molecule has 0 atom stereocenters. The van der Waals surface area contributed by atoms with Crippen LogP contribution in [0.1, 0.15) is 66.7 Å². The Morgan fingerprint density at radius 3 is 2.10 bits per heavy atom. The van der Waals surface area contributed by atoms with E-state index in [0.29, 0.717) is 12.7 Å². The summed E-state index contributed by atoms with van der Waals surface area (Å²) in [7, 11) is -1.71. The summed E-state index contributed by atoms with van der Waals surface area (Å²) >= 11 is 0. The normalized spacial score (nSPS) is 27.5. The van der Waals surface area contributed by atoms with Crippen LogP contribution >= 0.6 is 0 Å². The summed E-state index contributed by atoms with van der Waals surface area (Å²) < 4.78 is 11.8. The molecule has 0 saturated heterocycles. The summed E-state index contributed by atoms with van der Waals surface area (Å²) in [4.78, 5) is 12.2.